The largest absolute Gasteiger partial charge is 0.496 e. The van der Waals surface area contributed by atoms with Gasteiger partial charge in [-0.25, -0.2) is 9.97 Å². The van der Waals surface area contributed by atoms with E-state index in [1.54, 1.807) is 14.0 Å². The number of amides is 1. The van der Waals surface area contributed by atoms with Crippen molar-refractivity contribution in [2.75, 3.05) is 12.4 Å². The van der Waals surface area contributed by atoms with Gasteiger partial charge in [0.05, 0.1) is 24.1 Å². The molecular weight excluding hydrogens is 374 g/mol. The van der Waals surface area contributed by atoms with E-state index in [-0.39, 0.29) is 18.2 Å². The van der Waals surface area contributed by atoms with Crippen LogP contribution in [0.1, 0.15) is 23.4 Å². The zero-order chi connectivity index (χ0) is 19.6. The van der Waals surface area contributed by atoms with Crippen molar-refractivity contribution in [1.82, 2.24) is 14.5 Å². The lowest BCUT2D eigenvalue weighted by Crippen LogP contribution is -2.14. The van der Waals surface area contributed by atoms with E-state index in [2.05, 4.69) is 15.3 Å². The molecule has 6 nitrogen and oxygen atoms in total. The predicted octanol–water partition coefficient (Wildman–Crippen LogP) is 4.21. The Morgan fingerprint density at radius 3 is 2.85 bits per heavy atom. The Labute approximate surface area is 158 Å². The molecular formula is C18H18F2N4O2S. The molecule has 0 atom stereocenters. The summed E-state index contributed by atoms with van der Waals surface area (Å²) in [7, 11) is 1.55. The van der Waals surface area contributed by atoms with Gasteiger partial charge in [-0.15, -0.1) is 0 Å². The molecule has 3 rings (SSSR count). The van der Waals surface area contributed by atoms with E-state index in [0.717, 1.165) is 27.0 Å². The second-order valence-electron chi connectivity index (χ2n) is 5.91. The fourth-order valence-corrected chi connectivity index (χ4v) is 3.67. The van der Waals surface area contributed by atoms with Crippen LogP contribution >= 0.6 is 11.3 Å². The average molecular weight is 392 g/mol. The summed E-state index contributed by atoms with van der Waals surface area (Å²) in [6, 6.07) is 5.60. The molecule has 0 unspecified atom stereocenters. The third-order valence-electron chi connectivity index (χ3n) is 3.91. The zero-order valence-corrected chi connectivity index (χ0v) is 15.8. The number of carbonyl (C=O) groups is 1. The number of methoxy groups -OCH3 is 1. The molecule has 0 aliphatic rings. The molecule has 2 heterocycles. The number of benzene rings is 1. The first-order valence-corrected chi connectivity index (χ1v) is 8.93. The fourth-order valence-electron chi connectivity index (χ4n) is 2.69. The number of aryl methyl sites for hydroxylation is 2. The highest BCUT2D eigenvalue weighted by molar-refractivity contribution is 7.19. The normalized spacial score (nSPS) is 11.0. The van der Waals surface area contributed by atoms with Crippen LogP contribution in [0.15, 0.2) is 30.6 Å². The lowest BCUT2D eigenvalue weighted by molar-refractivity contribution is -0.115. The maximum absolute atomic E-state index is 13.1. The monoisotopic (exact) mass is 392 g/mol. The summed E-state index contributed by atoms with van der Waals surface area (Å²) in [6.45, 7) is 0.925. The van der Waals surface area contributed by atoms with Crippen molar-refractivity contribution in [2.45, 2.75) is 26.8 Å². The minimum absolute atomic E-state index is 0.116. The second-order valence-corrected chi connectivity index (χ2v) is 6.91. The highest BCUT2D eigenvalue weighted by Gasteiger charge is 2.19. The molecule has 27 heavy (non-hydrogen) atoms. The Morgan fingerprint density at radius 1 is 1.37 bits per heavy atom. The number of aromatic nitrogens is 3. The minimum Gasteiger partial charge on any atom is -0.496 e. The van der Waals surface area contributed by atoms with Crippen LogP contribution in [0.25, 0.3) is 10.7 Å². The summed E-state index contributed by atoms with van der Waals surface area (Å²) in [5.74, 6) is 0.489. The topological polar surface area (TPSA) is 69.0 Å². The standard InChI is InChI=1S/C18H18F2N4O2S/c1-10-4-5-13(26-3)12(8-10)9-14(25)23-18-22-11(2)15(27-18)16-21-6-7-24(16)17(19)20/h4-8,17H,9H2,1-3H3,(H,22,23,25). The van der Waals surface area contributed by atoms with E-state index in [0.29, 0.717) is 21.5 Å². The van der Waals surface area contributed by atoms with Gasteiger partial charge in [0.1, 0.15) is 5.75 Å². The molecule has 0 bridgehead atoms. The quantitative estimate of drug-likeness (QED) is 0.682. The smallest absolute Gasteiger partial charge is 0.320 e. The summed E-state index contributed by atoms with van der Waals surface area (Å²) in [5.41, 5.74) is 2.30. The van der Waals surface area contributed by atoms with Gasteiger partial charge in [-0.3, -0.25) is 9.36 Å². The second kappa shape index (κ2) is 7.83. The fraction of sp³-hybridized carbons (Fsp3) is 0.278. The first kappa shape index (κ1) is 19.0. The number of nitrogens with one attached hydrogen (secondary N) is 1. The van der Waals surface area contributed by atoms with Gasteiger partial charge >= 0.3 is 6.55 Å². The Kier molecular flexibility index (Phi) is 5.50. The lowest BCUT2D eigenvalue weighted by atomic mass is 10.1. The molecule has 0 aliphatic carbocycles. The molecule has 0 radical (unpaired) electrons. The van der Waals surface area contributed by atoms with Crippen LogP contribution in [0.2, 0.25) is 0 Å². The van der Waals surface area contributed by atoms with Gasteiger partial charge in [0.25, 0.3) is 0 Å². The number of anilines is 1. The van der Waals surface area contributed by atoms with Crippen LogP contribution in [0, 0.1) is 13.8 Å². The van der Waals surface area contributed by atoms with Crippen LogP contribution in [0.4, 0.5) is 13.9 Å². The Bertz CT molecular complexity index is 968. The molecule has 0 spiro atoms. The minimum atomic E-state index is -2.70. The van der Waals surface area contributed by atoms with Gasteiger partial charge in [0.15, 0.2) is 11.0 Å². The molecule has 142 valence electrons. The van der Waals surface area contributed by atoms with Crippen molar-refractivity contribution in [2.24, 2.45) is 0 Å². The third-order valence-corrected chi connectivity index (χ3v) is 4.98. The van der Waals surface area contributed by atoms with Crippen molar-refractivity contribution in [3.8, 4) is 16.5 Å². The van der Waals surface area contributed by atoms with E-state index >= 15 is 0 Å². The zero-order valence-electron chi connectivity index (χ0n) is 15.0. The number of imidazole rings is 1. The highest BCUT2D eigenvalue weighted by Crippen LogP contribution is 2.33. The van der Waals surface area contributed by atoms with Crippen LogP contribution in [-0.2, 0) is 11.2 Å². The molecule has 0 saturated heterocycles. The van der Waals surface area contributed by atoms with Gasteiger partial charge in [-0.1, -0.05) is 29.0 Å². The molecule has 3 aromatic rings. The highest BCUT2D eigenvalue weighted by atomic mass is 32.1. The van der Waals surface area contributed by atoms with Gasteiger partial charge in [-0.2, -0.15) is 8.78 Å². The van der Waals surface area contributed by atoms with E-state index in [4.69, 9.17) is 4.74 Å². The summed E-state index contributed by atoms with van der Waals surface area (Å²) in [5, 5.41) is 3.06. The van der Waals surface area contributed by atoms with Crippen molar-refractivity contribution in [3.05, 3.63) is 47.4 Å². The summed E-state index contributed by atoms with van der Waals surface area (Å²) < 4.78 is 32.2. The molecule has 0 fully saturated rings. The summed E-state index contributed by atoms with van der Waals surface area (Å²) in [4.78, 5) is 21.1. The lowest BCUT2D eigenvalue weighted by Gasteiger charge is -2.09. The number of hydrogen-bond acceptors (Lipinski definition) is 5. The third kappa shape index (κ3) is 4.13. The molecule has 0 saturated carbocycles. The van der Waals surface area contributed by atoms with Crippen molar-refractivity contribution < 1.29 is 18.3 Å². The van der Waals surface area contributed by atoms with Gasteiger partial charge in [-0.05, 0) is 19.9 Å². The number of thiazole rings is 1. The van der Waals surface area contributed by atoms with Crippen LogP contribution < -0.4 is 10.1 Å². The number of hydrogen-bond donors (Lipinski definition) is 1. The number of nitrogens with zero attached hydrogens (tertiary/aromatic N) is 3. The summed E-state index contributed by atoms with van der Waals surface area (Å²) >= 11 is 1.11. The van der Waals surface area contributed by atoms with Crippen molar-refractivity contribution in [3.63, 3.8) is 0 Å². The first-order valence-electron chi connectivity index (χ1n) is 8.11. The number of carbonyl (C=O) groups excluding carboxylic acids is 1. The van der Waals surface area contributed by atoms with E-state index in [1.165, 1.54) is 12.4 Å². The average Bonchev–Trinajstić information content (AvgIpc) is 3.21. The molecule has 9 heteroatoms. The number of halogens is 2. The number of ether oxygens (including phenoxy) is 1. The maximum atomic E-state index is 13.1. The Morgan fingerprint density at radius 2 is 2.15 bits per heavy atom. The maximum Gasteiger partial charge on any atom is 0.320 e. The first-order chi connectivity index (χ1) is 12.9. The molecule has 0 aliphatic heterocycles. The van der Waals surface area contributed by atoms with E-state index in [1.807, 2.05) is 25.1 Å². The van der Waals surface area contributed by atoms with Crippen LogP contribution in [-0.4, -0.2) is 27.6 Å². The molecule has 1 amide bonds. The van der Waals surface area contributed by atoms with E-state index in [9.17, 15) is 13.6 Å². The van der Waals surface area contributed by atoms with Crippen molar-refractivity contribution >= 4 is 22.4 Å². The van der Waals surface area contributed by atoms with Crippen LogP contribution in [0.3, 0.4) is 0 Å². The molecule has 1 aromatic carbocycles. The number of rotatable bonds is 6. The molecule has 1 N–H and O–H groups in total. The molecule has 2 aromatic heterocycles. The summed E-state index contributed by atoms with van der Waals surface area (Å²) in [6.07, 6.45) is 2.63. The van der Waals surface area contributed by atoms with Gasteiger partial charge in [0.2, 0.25) is 5.91 Å². The predicted molar refractivity (Wildman–Crippen MR) is 99.4 cm³/mol. The van der Waals surface area contributed by atoms with Gasteiger partial charge < -0.3 is 10.1 Å². The Hall–Kier alpha value is -2.81. The SMILES string of the molecule is COc1ccc(C)cc1CC(=O)Nc1nc(C)c(-c2nccn2C(F)F)s1. The van der Waals surface area contributed by atoms with E-state index < -0.39 is 6.55 Å². The van der Waals surface area contributed by atoms with Crippen LogP contribution in [0.5, 0.6) is 5.75 Å². The van der Waals surface area contributed by atoms with Gasteiger partial charge in [0, 0.05) is 18.0 Å². The number of alkyl halides is 2. The van der Waals surface area contributed by atoms with Crippen molar-refractivity contribution in [1.29, 1.82) is 0 Å². The Balaban J connectivity index is 1.78.